The van der Waals surface area contributed by atoms with Crippen molar-refractivity contribution in [3.8, 4) is 5.75 Å². The summed E-state index contributed by atoms with van der Waals surface area (Å²) in [5.41, 5.74) is 0. The maximum atomic E-state index is 12.9. The minimum atomic E-state index is -0.311. The highest BCUT2D eigenvalue weighted by atomic mass is 19.1. The molecule has 6 heteroatoms. The van der Waals surface area contributed by atoms with Crippen LogP contribution in [-0.2, 0) is 6.61 Å². The zero-order valence-corrected chi connectivity index (χ0v) is 14.9. The van der Waals surface area contributed by atoms with Crippen molar-refractivity contribution in [3.05, 3.63) is 53.7 Å². The Labute approximate surface area is 153 Å². The molecule has 1 aliphatic heterocycles. The number of halogens is 1. The molecule has 0 spiro atoms. The molecular formula is C20H25FN2O3. The number of carbonyl (C=O) groups is 1. The molecule has 0 atom stereocenters. The van der Waals surface area contributed by atoms with Crippen molar-refractivity contribution in [3.63, 3.8) is 0 Å². The molecule has 1 aromatic carbocycles. The second-order valence-electron chi connectivity index (χ2n) is 6.52. The van der Waals surface area contributed by atoms with E-state index in [-0.39, 0.29) is 24.1 Å². The van der Waals surface area contributed by atoms with E-state index in [1.807, 2.05) is 0 Å². The number of ether oxygens (including phenoxy) is 1. The summed E-state index contributed by atoms with van der Waals surface area (Å²) < 4.78 is 23.9. The Bertz CT molecular complexity index is 693. The molecule has 0 saturated carbocycles. The zero-order chi connectivity index (χ0) is 18.2. The first-order chi connectivity index (χ1) is 12.7. The van der Waals surface area contributed by atoms with Crippen LogP contribution in [0, 0.1) is 5.82 Å². The van der Waals surface area contributed by atoms with Gasteiger partial charge in [-0.1, -0.05) is 6.42 Å². The number of likely N-dealkylation sites (tertiary alicyclic amines) is 1. The molecule has 2 heterocycles. The molecule has 3 rings (SSSR count). The second-order valence-corrected chi connectivity index (χ2v) is 6.52. The number of nitrogens with zero attached hydrogens (tertiary/aromatic N) is 1. The van der Waals surface area contributed by atoms with Gasteiger partial charge in [0.05, 0.1) is 0 Å². The van der Waals surface area contributed by atoms with E-state index >= 15 is 0 Å². The molecular weight excluding hydrogens is 335 g/mol. The van der Waals surface area contributed by atoms with Crippen LogP contribution in [0.15, 0.2) is 40.8 Å². The van der Waals surface area contributed by atoms with Crippen LogP contribution in [0.3, 0.4) is 0 Å². The molecule has 1 N–H and O–H groups in total. The van der Waals surface area contributed by atoms with Crippen molar-refractivity contribution >= 4 is 5.91 Å². The van der Waals surface area contributed by atoms with Crippen molar-refractivity contribution in [1.82, 2.24) is 10.2 Å². The molecule has 0 radical (unpaired) electrons. The number of amides is 1. The maximum Gasteiger partial charge on any atom is 0.286 e. The number of benzene rings is 1. The third-order valence-corrected chi connectivity index (χ3v) is 4.47. The van der Waals surface area contributed by atoms with Crippen LogP contribution in [0.5, 0.6) is 5.75 Å². The predicted molar refractivity (Wildman–Crippen MR) is 96.7 cm³/mol. The Morgan fingerprint density at radius 1 is 1.12 bits per heavy atom. The number of furan rings is 1. The fourth-order valence-corrected chi connectivity index (χ4v) is 3.04. The molecule has 0 bridgehead atoms. The van der Waals surface area contributed by atoms with Crippen LogP contribution in [0.4, 0.5) is 4.39 Å². The monoisotopic (exact) mass is 360 g/mol. The second kappa shape index (κ2) is 9.38. The lowest BCUT2D eigenvalue weighted by Gasteiger charge is -2.26. The van der Waals surface area contributed by atoms with E-state index in [1.54, 1.807) is 24.3 Å². The smallest absolute Gasteiger partial charge is 0.286 e. The number of nitrogens with one attached hydrogen (secondary N) is 1. The largest absolute Gasteiger partial charge is 0.486 e. The van der Waals surface area contributed by atoms with E-state index in [0.717, 1.165) is 13.0 Å². The van der Waals surface area contributed by atoms with Gasteiger partial charge in [-0.05, 0) is 75.3 Å². The van der Waals surface area contributed by atoms with Gasteiger partial charge in [-0.3, -0.25) is 4.79 Å². The quantitative estimate of drug-likeness (QED) is 0.731. The van der Waals surface area contributed by atoms with Crippen molar-refractivity contribution in [2.45, 2.75) is 32.3 Å². The van der Waals surface area contributed by atoms with Crippen LogP contribution >= 0.6 is 0 Å². The average Bonchev–Trinajstić information content (AvgIpc) is 3.15. The summed E-state index contributed by atoms with van der Waals surface area (Å²) in [5, 5.41) is 2.89. The maximum absolute atomic E-state index is 12.9. The van der Waals surface area contributed by atoms with E-state index in [9.17, 15) is 9.18 Å². The van der Waals surface area contributed by atoms with E-state index in [2.05, 4.69) is 10.2 Å². The lowest BCUT2D eigenvalue weighted by molar-refractivity contribution is 0.0919. The van der Waals surface area contributed by atoms with Crippen LogP contribution in [0.1, 0.15) is 42.0 Å². The fraction of sp³-hybridized carbons (Fsp3) is 0.450. The van der Waals surface area contributed by atoms with Gasteiger partial charge in [-0.2, -0.15) is 0 Å². The molecule has 1 aliphatic rings. The average molecular weight is 360 g/mol. The summed E-state index contributed by atoms with van der Waals surface area (Å²) in [6, 6.07) is 9.12. The van der Waals surface area contributed by atoms with Gasteiger partial charge in [0.1, 0.15) is 23.9 Å². The van der Waals surface area contributed by atoms with Gasteiger partial charge in [-0.15, -0.1) is 0 Å². The van der Waals surface area contributed by atoms with Gasteiger partial charge < -0.3 is 19.4 Å². The van der Waals surface area contributed by atoms with E-state index in [1.165, 1.54) is 44.5 Å². The minimum absolute atomic E-state index is 0.188. The number of hydrogen-bond acceptors (Lipinski definition) is 4. The summed E-state index contributed by atoms with van der Waals surface area (Å²) >= 11 is 0. The third-order valence-electron chi connectivity index (χ3n) is 4.47. The highest BCUT2D eigenvalue weighted by Gasteiger charge is 2.12. The molecule has 1 fully saturated rings. The molecule has 1 saturated heterocycles. The highest BCUT2D eigenvalue weighted by molar-refractivity contribution is 5.91. The number of rotatable bonds is 8. The molecule has 0 aliphatic carbocycles. The van der Waals surface area contributed by atoms with Gasteiger partial charge in [0.2, 0.25) is 0 Å². The van der Waals surface area contributed by atoms with Crippen LogP contribution in [0.25, 0.3) is 0 Å². The van der Waals surface area contributed by atoms with Gasteiger partial charge in [0.15, 0.2) is 5.76 Å². The van der Waals surface area contributed by atoms with Crippen LogP contribution in [0.2, 0.25) is 0 Å². The SMILES string of the molecule is O=C(NCCCN1CCCCC1)c1ccc(COc2ccc(F)cc2)o1. The minimum Gasteiger partial charge on any atom is -0.486 e. The van der Waals surface area contributed by atoms with Crippen molar-refractivity contribution in [2.75, 3.05) is 26.2 Å². The molecule has 1 amide bonds. The van der Waals surface area contributed by atoms with Crippen molar-refractivity contribution in [2.24, 2.45) is 0 Å². The third kappa shape index (κ3) is 5.59. The molecule has 2 aromatic rings. The standard InChI is InChI=1S/C20H25FN2O3/c21-16-5-7-17(8-6-16)25-15-18-9-10-19(26-18)20(24)22-11-4-14-23-12-2-1-3-13-23/h5-10H,1-4,11-15H2,(H,22,24). The van der Waals surface area contributed by atoms with E-state index < -0.39 is 0 Å². The number of carbonyl (C=O) groups excluding carboxylic acids is 1. The molecule has 26 heavy (non-hydrogen) atoms. The predicted octanol–water partition coefficient (Wildman–Crippen LogP) is 3.60. The van der Waals surface area contributed by atoms with Crippen LogP contribution < -0.4 is 10.1 Å². The Morgan fingerprint density at radius 2 is 1.88 bits per heavy atom. The molecule has 1 aromatic heterocycles. The first-order valence-electron chi connectivity index (χ1n) is 9.18. The number of hydrogen-bond donors (Lipinski definition) is 1. The highest BCUT2D eigenvalue weighted by Crippen LogP contribution is 2.15. The fourth-order valence-electron chi connectivity index (χ4n) is 3.04. The Kier molecular flexibility index (Phi) is 6.66. The lowest BCUT2D eigenvalue weighted by atomic mass is 10.1. The van der Waals surface area contributed by atoms with E-state index in [0.29, 0.717) is 18.1 Å². The molecule has 5 nitrogen and oxygen atoms in total. The lowest BCUT2D eigenvalue weighted by Crippen LogP contribution is -2.33. The van der Waals surface area contributed by atoms with Gasteiger partial charge in [0.25, 0.3) is 5.91 Å². The zero-order valence-electron chi connectivity index (χ0n) is 14.9. The summed E-state index contributed by atoms with van der Waals surface area (Å²) in [6.45, 7) is 4.19. The van der Waals surface area contributed by atoms with Crippen molar-refractivity contribution < 1.29 is 18.3 Å². The van der Waals surface area contributed by atoms with E-state index in [4.69, 9.17) is 9.15 Å². The van der Waals surface area contributed by atoms with Gasteiger partial charge in [0, 0.05) is 6.54 Å². The first-order valence-corrected chi connectivity index (χ1v) is 9.18. The summed E-state index contributed by atoms with van der Waals surface area (Å²) in [4.78, 5) is 14.6. The summed E-state index contributed by atoms with van der Waals surface area (Å²) in [6.07, 6.45) is 4.83. The first kappa shape index (κ1) is 18.5. The molecule has 0 unspecified atom stereocenters. The number of piperidine rings is 1. The van der Waals surface area contributed by atoms with Crippen molar-refractivity contribution in [1.29, 1.82) is 0 Å². The normalized spacial score (nSPS) is 15.0. The topological polar surface area (TPSA) is 54.7 Å². The summed E-state index contributed by atoms with van der Waals surface area (Å²) in [5.74, 6) is 0.853. The molecule has 140 valence electrons. The Balaban J connectivity index is 1.37. The van der Waals surface area contributed by atoms with Gasteiger partial charge >= 0.3 is 0 Å². The van der Waals surface area contributed by atoms with Gasteiger partial charge in [-0.25, -0.2) is 4.39 Å². The Hall–Kier alpha value is -2.34. The Morgan fingerprint density at radius 3 is 2.65 bits per heavy atom. The summed E-state index contributed by atoms with van der Waals surface area (Å²) in [7, 11) is 0. The van der Waals surface area contributed by atoms with Crippen LogP contribution in [-0.4, -0.2) is 37.0 Å².